The van der Waals surface area contributed by atoms with E-state index in [1.54, 1.807) is 14.0 Å². The van der Waals surface area contributed by atoms with Gasteiger partial charge in [0.1, 0.15) is 10.6 Å². The van der Waals surface area contributed by atoms with Gasteiger partial charge in [-0.25, -0.2) is 4.98 Å². The molecule has 168 valence electrons. The van der Waals surface area contributed by atoms with Crippen molar-refractivity contribution in [3.63, 3.8) is 0 Å². The molecule has 0 atom stereocenters. The van der Waals surface area contributed by atoms with Crippen molar-refractivity contribution in [3.8, 4) is 5.75 Å². The molecule has 0 radical (unpaired) electrons. The number of ether oxygens (including phenoxy) is 1. The molecule has 0 aliphatic rings. The van der Waals surface area contributed by atoms with Crippen molar-refractivity contribution in [2.45, 2.75) is 34.2 Å². The third-order valence-corrected chi connectivity index (χ3v) is 6.01. The lowest BCUT2D eigenvalue weighted by molar-refractivity contribution is -0.115. The molecule has 0 aliphatic carbocycles. The first-order valence-corrected chi connectivity index (χ1v) is 11.1. The van der Waals surface area contributed by atoms with Crippen LogP contribution in [0.2, 0.25) is 0 Å². The molecular weight excluding hydrogens is 424 g/mol. The minimum atomic E-state index is -0.229. The highest BCUT2D eigenvalue weighted by molar-refractivity contribution is 7.17. The van der Waals surface area contributed by atoms with Gasteiger partial charge in [0.25, 0.3) is 5.91 Å². The van der Waals surface area contributed by atoms with E-state index in [9.17, 15) is 9.59 Å². The van der Waals surface area contributed by atoms with Crippen molar-refractivity contribution in [1.82, 2.24) is 10.3 Å². The zero-order valence-corrected chi connectivity index (χ0v) is 19.8. The summed E-state index contributed by atoms with van der Waals surface area (Å²) >= 11 is 1.17. The van der Waals surface area contributed by atoms with Gasteiger partial charge in [-0.2, -0.15) is 0 Å². The number of aryl methyl sites for hydroxylation is 4. The molecule has 7 nitrogen and oxygen atoms in total. The van der Waals surface area contributed by atoms with E-state index in [-0.39, 0.29) is 18.4 Å². The molecule has 32 heavy (non-hydrogen) atoms. The second-order valence-corrected chi connectivity index (χ2v) is 8.66. The minimum absolute atomic E-state index is 0.133. The molecule has 0 bridgehead atoms. The van der Waals surface area contributed by atoms with Crippen LogP contribution in [-0.4, -0.2) is 30.5 Å². The molecule has 2 aromatic carbocycles. The van der Waals surface area contributed by atoms with Gasteiger partial charge in [0.2, 0.25) is 5.91 Å². The summed E-state index contributed by atoms with van der Waals surface area (Å²) in [6, 6.07) is 11.7. The van der Waals surface area contributed by atoms with Crippen LogP contribution in [0, 0.1) is 27.7 Å². The van der Waals surface area contributed by atoms with Crippen molar-refractivity contribution < 1.29 is 14.3 Å². The zero-order valence-electron chi connectivity index (χ0n) is 19.0. The first-order chi connectivity index (χ1) is 15.3. The van der Waals surface area contributed by atoms with E-state index in [1.165, 1.54) is 11.3 Å². The maximum atomic E-state index is 12.8. The standard InChI is InChI=1S/C24H28N4O3S/c1-14-10-15(2)21(16(3)11-14)28-23(30)22-17(4)26-24(32-22)27-20(29)13-25-12-18-6-8-19(31-5)9-7-18/h6-11,25H,12-13H2,1-5H3,(H,28,30)(H,26,27,29). The van der Waals surface area contributed by atoms with E-state index in [1.807, 2.05) is 57.2 Å². The summed E-state index contributed by atoms with van der Waals surface area (Å²) in [5.74, 6) is 0.343. The van der Waals surface area contributed by atoms with Crippen LogP contribution < -0.4 is 20.7 Å². The second-order valence-electron chi connectivity index (χ2n) is 7.66. The van der Waals surface area contributed by atoms with Gasteiger partial charge < -0.3 is 20.7 Å². The van der Waals surface area contributed by atoms with E-state index in [2.05, 4.69) is 20.9 Å². The number of hydrogen-bond donors (Lipinski definition) is 3. The lowest BCUT2D eigenvalue weighted by Gasteiger charge is -2.12. The van der Waals surface area contributed by atoms with Gasteiger partial charge >= 0.3 is 0 Å². The Morgan fingerprint density at radius 1 is 1.00 bits per heavy atom. The molecule has 1 aromatic heterocycles. The Hall–Kier alpha value is -3.23. The van der Waals surface area contributed by atoms with Crippen LogP contribution in [0.3, 0.4) is 0 Å². The predicted molar refractivity (Wildman–Crippen MR) is 129 cm³/mol. The number of carbonyl (C=O) groups is 2. The van der Waals surface area contributed by atoms with Gasteiger partial charge in [-0.3, -0.25) is 9.59 Å². The molecule has 2 amide bonds. The van der Waals surface area contributed by atoms with Crippen LogP contribution >= 0.6 is 11.3 Å². The van der Waals surface area contributed by atoms with Crippen molar-refractivity contribution in [2.75, 3.05) is 24.3 Å². The lowest BCUT2D eigenvalue weighted by atomic mass is 10.1. The Morgan fingerprint density at radius 2 is 1.66 bits per heavy atom. The SMILES string of the molecule is COc1ccc(CNCC(=O)Nc2nc(C)c(C(=O)Nc3c(C)cc(C)cc3C)s2)cc1. The summed E-state index contributed by atoms with van der Waals surface area (Å²) in [4.78, 5) is 29.9. The summed E-state index contributed by atoms with van der Waals surface area (Å²) < 4.78 is 5.14. The van der Waals surface area contributed by atoms with Crippen molar-refractivity contribution in [3.05, 3.63) is 69.2 Å². The number of aromatic nitrogens is 1. The third kappa shape index (κ3) is 5.93. The number of anilines is 2. The van der Waals surface area contributed by atoms with Crippen molar-refractivity contribution >= 4 is 34.0 Å². The van der Waals surface area contributed by atoms with Crippen LogP contribution in [0.4, 0.5) is 10.8 Å². The molecule has 3 aromatic rings. The monoisotopic (exact) mass is 452 g/mol. The Labute approximate surface area is 192 Å². The van der Waals surface area contributed by atoms with E-state index < -0.39 is 0 Å². The lowest BCUT2D eigenvalue weighted by Crippen LogP contribution is -2.27. The number of methoxy groups -OCH3 is 1. The minimum Gasteiger partial charge on any atom is -0.497 e. The van der Waals surface area contributed by atoms with Gasteiger partial charge in [0.15, 0.2) is 5.13 Å². The largest absolute Gasteiger partial charge is 0.497 e. The van der Waals surface area contributed by atoms with Crippen LogP contribution in [-0.2, 0) is 11.3 Å². The predicted octanol–water partition coefficient (Wildman–Crippen LogP) is 4.37. The zero-order chi connectivity index (χ0) is 23.3. The van der Waals surface area contributed by atoms with E-state index >= 15 is 0 Å². The average molecular weight is 453 g/mol. The van der Waals surface area contributed by atoms with Gasteiger partial charge in [-0.05, 0) is 56.5 Å². The molecule has 0 unspecified atom stereocenters. The third-order valence-electron chi connectivity index (χ3n) is 4.94. The molecule has 3 rings (SSSR count). The quantitative estimate of drug-likeness (QED) is 0.472. The number of amides is 2. The summed E-state index contributed by atoms with van der Waals surface area (Å²) in [6.45, 7) is 8.42. The molecule has 1 heterocycles. The Kier molecular flexibility index (Phi) is 7.61. The number of rotatable bonds is 8. The molecule has 3 N–H and O–H groups in total. The maximum absolute atomic E-state index is 12.8. The molecule has 0 saturated heterocycles. The molecule has 0 spiro atoms. The first-order valence-electron chi connectivity index (χ1n) is 10.3. The fourth-order valence-electron chi connectivity index (χ4n) is 3.44. The number of hydrogen-bond acceptors (Lipinski definition) is 6. The number of nitrogens with one attached hydrogen (secondary N) is 3. The Morgan fingerprint density at radius 3 is 2.28 bits per heavy atom. The van der Waals surface area contributed by atoms with E-state index in [4.69, 9.17) is 4.74 Å². The van der Waals surface area contributed by atoms with Crippen LogP contribution in [0.1, 0.15) is 37.6 Å². The normalized spacial score (nSPS) is 10.7. The van der Waals surface area contributed by atoms with Gasteiger partial charge in [0.05, 0.1) is 19.3 Å². The van der Waals surface area contributed by atoms with Crippen LogP contribution in [0.25, 0.3) is 0 Å². The maximum Gasteiger partial charge on any atom is 0.267 e. The number of nitrogens with zero attached hydrogens (tertiary/aromatic N) is 1. The fraction of sp³-hybridized carbons (Fsp3) is 0.292. The topological polar surface area (TPSA) is 92.3 Å². The van der Waals surface area contributed by atoms with E-state index in [0.29, 0.717) is 22.2 Å². The van der Waals surface area contributed by atoms with Gasteiger partial charge in [-0.1, -0.05) is 41.2 Å². The molecular formula is C24H28N4O3S. The second kappa shape index (κ2) is 10.4. The number of benzene rings is 2. The first kappa shape index (κ1) is 23.4. The number of carbonyl (C=O) groups excluding carboxylic acids is 2. The smallest absolute Gasteiger partial charge is 0.267 e. The molecule has 8 heteroatoms. The Balaban J connectivity index is 1.56. The summed E-state index contributed by atoms with van der Waals surface area (Å²) in [7, 11) is 1.62. The van der Waals surface area contributed by atoms with Gasteiger partial charge in [-0.15, -0.1) is 0 Å². The molecule has 0 aliphatic heterocycles. The average Bonchev–Trinajstić information content (AvgIpc) is 3.11. The summed E-state index contributed by atoms with van der Waals surface area (Å²) in [5, 5.41) is 9.25. The molecule has 0 fully saturated rings. The van der Waals surface area contributed by atoms with Crippen molar-refractivity contribution in [1.29, 1.82) is 0 Å². The van der Waals surface area contributed by atoms with Crippen molar-refractivity contribution in [2.24, 2.45) is 0 Å². The fourth-order valence-corrected chi connectivity index (χ4v) is 4.31. The number of thiazole rings is 1. The summed E-state index contributed by atoms with van der Waals surface area (Å²) in [5.41, 5.74) is 5.60. The van der Waals surface area contributed by atoms with Crippen LogP contribution in [0.15, 0.2) is 36.4 Å². The van der Waals surface area contributed by atoms with Crippen LogP contribution in [0.5, 0.6) is 5.75 Å². The highest BCUT2D eigenvalue weighted by atomic mass is 32.1. The highest BCUT2D eigenvalue weighted by Crippen LogP contribution is 2.26. The molecule has 0 saturated carbocycles. The highest BCUT2D eigenvalue weighted by Gasteiger charge is 2.18. The van der Waals surface area contributed by atoms with Gasteiger partial charge in [0, 0.05) is 12.2 Å². The van der Waals surface area contributed by atoms with E-state index in [0.717, 1.165) is 33.7 Å². The Bertz CT molecular complexity index is 1100. The summed E-state index contributed by atoms with van der Waals surface area (Å²) in [6.07, 6.45) is 0.